The Bertz CT molecular complexity index is 385. The van der Waals surface area contributed by atoms with Gasteiger partial charge in [0.1, 0.15) is 0 Å². The highest BCUT2D eigenvalue weighted by Gasteiger charge is 2.22. The Balaban J connectivity index is 1.96. The molecule has 0 spiro atoms. The van der Waals surface area contributed by atoms with Gasteiger partial charge in [-0.3, -0.25) is 0 Å². The van der Waals surface area contributed by atoms with Gasteiger partial charge in [-0.05, 0) is 32.7 Å². The van der Waals surface area contributed by atoms with Gasteiger partial charge in [0.15, 0.2) is 0 Å². The van der Waals surface area contributed by atoms with Crippen LogP contribution < -0.4 is 10.2 Å². The van der Waals surface area contributed by atoms with Crippen LogP contribution in [0.4, 0.5) is 6.01 Å². The molecule has 1 atom stereocenters. The predicted octanol–water partition coefficient (Wildman–Crippen LogP) is 3.29. The molecule has 2 rings (SSSR count). The van der Waals surface area contributed by atoms with Crippen molar-refractivity contribution in [2.75, 3.05) is 18.5 Å². The molecule has 1 heterocycles. The van der Waals surface area contributed by atoms with Crippen LogP contribution in [0.3, 0.4) is 0 Å². The first kappa shape index (κ1) is 15.3. The topological polar surface area (TPSA) is 54.2 Å². The number of hydrogen-bond donors (Lipinski definition) is 1. The SMILES string of the molecule is CCCNC(C)c1nnc(N(C)C2CCCCCC2)o1. The fourth-order valence-electron chi connectivity index (χ4n) is 2.79. The van der Waals surface area contributed by atoms with E-state index in [9.17, 15) is 0 Å². The maximum absolute atomic E-state index is 5.84. The molecule has 0 saturated heterocycles. The molecule has 1 aromatic rings. The van der Waals surface area contributed by atoms with Crippen LogP contribution >= 0.6 is 0 Å². The van der Waals surface area contributed by atoms with E-state index in [-0.39, 0.29) is 6.04 Å². The summed E-state index contributed by atoms with van der Waals surface area (Å²) in [6, 6.07) is 1.33. The van der Waals surface area contributed by atoms with Crippen molar-refractivity contribution in [1.29, 1.82) is 0 Å². The van der Waals surface area contributed by atoms with Crippen molar-refractivity contribution < 1.29 is 4.42 Å². The Morgan fingerprint density at radius 3 is 2.60 bits per heavy atom. The first-order valence-electron chi connectivity index (χ1n) is 8.02. The molecular formula is C15H28N4O. The van der Waals surface area contributed by atoms with E-state index >= 15 is 0 Å². The third kappa shape index (κ3) is 3.95. The van der Waals surface area contributed by atoms with Crippen molar-refractivity contribution in [3.05, 3.63) is 5.89 Å². The number of anilines is 1. The Morgan fingerprint density at radius 1 is 1.25 bits per heavy atom. The third-order valence-corrected chi connectivity index (χ3v) is 4.18. The van der Waals surface area contributed by atoms with Crippen molar-refractivity contribution in [2.45, 2.75) is 70.9 Å². The number of hydrogen-bond acceptors (Lipinski definition) is 5. The van der Waals surface area contributed by atoms with Crippen LogP contribution in [0, 0.1) is 0 Å². The van der Waals surface area contributed by atoms with Crippen LogP contribution in [0.15, 0.2) is 4.42 Å². The average Bonchev–Trinajstić information content (AvgIpc) is 2.80. The molecule has 1 fully saturated rings. The number of nitrogens with zero attached hydrogens (tertiary/aromatic N) is 3. The van der Waals surface area contributed by atoms with Gasteiger partial charge in [-0.25, -0.2) is 0 Å². The number of aromatic nitrogens is 2. The molecule has 20 heavy (non-hydrogen) atoms. The summed E-state index contributed by atoms with van der Waals surface area (Å²) in [6.45, 7) is 5.19. The maximum atomic E-state index is 5.84. The van der Waals surface area contributed by atoms with Crippen molar-refractivity contribution in [2.24, 2.45) is 0 Å². The van der Waals surface area contributed by atoms with E-state index < -0.39 is 0 Å². The van der Waals surface area contributed by atoms with Crippen molar-refractivity contribution in [3.63, 3.8) is 0 Å². The first-order valence-corrected chi connectivity index (χ1v) is 8.02. The molecule has 1 aromatic heterocycles. The summed E-state index contributed by atoms with van der Waals surface area (Å²) < 4.78 is 5.84. The largest absolute Gasteiger partial charge is 0.406 e. The zero-order valence-corrected chi connectivity index (χ0v) is 13.1. The van der Waals surface area contributed by atoms with E-state index in [0.29, 0.717) is 17.9 Å². The summed E-state index contributed by atoms with van der Waals surface area (Å²) in [4.78, 5) is 2.17. The molecule has 114 valence electrons. The molecule has 0 radical (unpaired) electrons. The smallest absolute Gasteiger partial charge is 0.318 e. The molecule has 5 heteroatoms. The highest BCUT2D eigenvalue weighted by atomic mass is 16.4. The quantitative estimate of drug-likeness (QED) is 0.810. The Labute approximate surface area is 122 Å². The summed E-state index contributed by atoms with van der Waals surface area (Å²) >= 11 is 0. The molecule has 5 nitrogen and oxygen atoms in total. The van der Waals surface area contributed by atoms with Crippen molar-refractivity contribution in [3.8, 4) is 0 Å². The van der Waals surface area contributed by atoms with E-state index in [1.165, 1.54) is 38.5 Å². The van der Waals surface area contributed by atoms with Crippen LogP contribution in [-0.4, -0.2) is 29.8 Å². The average molecular weight is 280 g/mol. The van der Waals surface area contributed by atoms with E-state index in [1.807, 2.05) is 0 Å². The monoisotopic (exact) mass is 280 g/mol. The molecule has 1 aliphatic carbocycles. The Kier molecular flexibility index (Phi) is 5.83. The fourth-order valence-corrected chi connectivity index (χ4v) is 2.79. The van der Waals surface area contributed by atoms with Crippen LogP contribution in [0.2, 0.25) is 0 Å². The van der Waals surface area contributed by atoms with Gasteiger partial charge in [0.2, 0.25) is 5.89 Å². The zero-order chi connectivity index (χ0) is 14.4. The fraction of sp³-hybridized carbons (Fsp3) is 0.867. The van der Waals surface area contributed by atoms with Crippen molar-refractivity contribution in [1.82, 2.24) is 15.5 Å². The van der Waals surface area contributed by atoms with Gasteiger partial charge in [0.05, 0.1) is 6.04 Å². The van der Waals surface area contributed by atoms with E-state index in [2.05, 4.69) is 41.3 Å². The van der Waals surface area contributed by atoms with Gasteiger partial charge < -0.3 is 14.6 Å². The molecular weight excluding hydrogens is 252 g/mol. The van der Waals surface area contributed by atoms with Gasteiger partial charge in [-0.2, -0.15) is 0 Å². The van der Waals surface area contributed by atoms with Crippen molar-refractivity contribution >= 4 is 6.01 Å². The van der Waals surface area contributed by atoms with Gasteiger partial charge in [-0.15, -0.1) is 5.10 Å². The second kappa shape index (κ2) is 7.62. The first-order chi connectivity index (χ1) is 9.72. The summed E-state index contributed by atoms with van der Waals surface area (Å²) in [5.41, 5.74) is 0. The summed E-state index contributed by atoms with van der Waals surface area (Å²) in [5.74, 6) is 0.689. The second-order valence-corrected chi connectivity index (χ2v) is 5.85. The minimum absolute atomic E-state index is 0.124. The second-order valence-electron chi connectivity index (χ2n) is 5.85. The maximum Gasteiger partial charge on any atom is 0.318 e. The lowest BCUT2D eigenvalue weighted by Gasteiger charge is -2.24. The van der Waals surface area contributed by atoms with Crippen LogP contribution in [0.1, 0.15) is 70.7 Å². The van der Waals surface area contributed by atoms with Crippen LogP contribution in [0.25, 0.3) is 0 Å². The zero-order valence-electron chi connectivity index (χ0n) is 13.1. The number of nitrogens with one attached hydrogen (secondary N) is 1. The Morgan fingerprint density at radius 2 is 1.95 bits per heavy atom. The number of rotatable bonds is 6. The van der Waals surface area contributed by atoms with Gasteiger partial charge in [0.25, 0.3) is 0 Å². The Hall–Kier alpha value is -1.10. The normalized spacial score (nSPS) is 18.8. The van der Waals surface area contributed by atoms with E-state index in [4.69, 9.17) is 4.42 Å². The predicted molar refractivity (Wildman–Crippen MR) is 80.9 cm³/mol. The lowest BCUT2D eigenvalue weighted by molar-refractivity contribution is 0.405. The third-order valence-electron chi connectivity index (χ3n) is 4.18. The molecule has 0 amide bonds. The molecule has 1 N–H and O–H groups in total. The lowest BCUT2D eigenvalue weighted by atomic mass is 10.1. The van der Waals surface area contributed by atoms with Gasteiger partial charge >= 0.3 is 6.01 Å². The minimum atomic E-state index is 0.124. The van der Waals surface area contributed by atoms with E-state index in [0.717, 1.165) is 13.0 Å². The highest BCUT2D eigenvalue weighted by molar-refractivity contribution is 5.24. The summed E-state index contributed by atoms with van der Waals surface area (Å²) in [7, 11) is 2.08. The molecule has 1 unspecified atom stereocenters. The summed E-state index contributed by atoms with van der Waals surface area (Å²) in [6.07, 6.45) is 8.91. The standard InChI is InChI=1S/C15H28N4O/c1-4-11-16-12(2)14-17-18-15(20-14)19(3)13-9-7-5-6-8-10-13/h12-13,16H,4-11H2,1-3H3. The van der Waals surface area contributed by atoms with E-state index in [1.54, 1.807) is 0 Å². The molecule has 1 saturated carbocycles. The van der Waals surface area contributed by atoms with Crippen LogP contribution in [0.5, 0.6) is 0 Å². The molecule has 1 aliphatic rings. The van der Waals surface area contributed by atoms with Gasteiger partial charge in [0, 0.05) is 13.1 Å². The highest BCUT2D eigenvalue weighted by Crippen LogP contribution is 2.25. The molecule has 0 bridgehead atoms. The van der Waals surface area contributed by atoms with Crippen LogP contribution in [-0.2, 0) is 0 Å². The minimum Gasteiger partial charge on any atom is -0.406 e. The molecule has 0 aliphatic heterocycles. The lowest BCUT2D eigenvalue weighted by Crippen LogP contribution is -2.31. The summed E-state index contributed by atoms with van der Waals surface area (Å²) in [5, 5.41) is 11.8. The van der Waals surface area contributed by atoms with Gasteiger partial charge in [-0.1, -0.05) is 37.7 Å². The molecule has 0 aromatic carbocycles.